The van der Waals surface area contributed by atoms with Crippen LogP contribution in [0.5, 0.6) is 0 Å². The van der Waals surface area contributed by atoms with Gasteiger partial charge in [0.25, 0.3) is 5.91 Å². The normalized spacial score (nSPS) is 13.3. The molecule has 2 aromatic carbocycles. The summed E-state index contributed by atoms with van der Waals surface area (Å²) in [6.45, 7) is 0.953. The first-order valence-electron chi connectivity index (χ1n) is 9.08. The number of nitrogens with one attached hydrogen (secondary N) is 1. The van der Waals surface area contributed by atoms with Gasteiger partial charge in [0.2, 0.25) is 0 Å². The van der Waals surface area contributed by atoms with Crippen molar-refractivity contribution < 1.29 is 4.79 Å². The molecule has 0 saturated carbocycles. The van der Waals surface area contributed by atoms with Crippen LogP contribution in [-0.2, 0) is 13.0 Å². The van der Waals surface area contributed by atoms with Gasteiger partial charge in [-0.1, -0.05) is 6.42 Å². The monoisotopic (exact) mass is 357 g/mol. The molecule has 6 heteroatoms. The van der Waals surface area contributed by atoms with Crippen molar-refractivity contribution in [2.75, 3.05) is 5.32 Å². The second kappa shape index (κ2) is 7.42. The Labute approximate surface area is 157 Å². The highest BCUT2D eigenvalue weighted by Gasteiger charge is 2.16. The van der Waals surface area contributed by atoms with Crippen molar-refractivity contribution >= 4 is 11.6 Å². The van der Waals surface area contributed by atoms with E-state index in [9.17, 15) is 4.79 Å². The first kappa shape index (κ1) is 17.0. The van der Waals surface area contributed by atoms with Gasteiger partial charge in [-0.25, -0.2) is 0 Å². The molecule has 0 bridgehead atoms. The molecule has 2 heterocycles. The fourth-order valence-electron chi connectivity index (χ4n) is 3.30. The third kappa shape index (κ3) is 3.58. The van der Waals surface area contributed by atoms with Crippen LogP contribution in [0.15, 0.2) is 48.5 Å². The molecule has 3 aromatic rings. The van der Waals surface area contributed by atoms with Crippen molar-refractivity contribution in [1.82, 2.24) is 14.8 Å². The third-order valence-corrected chi connectivity index (χ3v) is 4.79. The molecule has 0 unspecified atom stereocenters. The maximum atomic E-state index is 12.3. The summed E-state index contributed by atoms with van der Waals surface area (Å²) in [5.41, 5.74) is 2.75. The van der Waals surface area contributed by atoms with E-state index >= 15 is 0 Å². The summed E-state index contributed by atoms with van der Waals surface area (Å²) in [6.07, 6.45) is 4.52. The Morgan fingerprint density at radius 2 is 1.78 bits per heavy atom. The zero-order chi connectivity index (χ0) is 18.6. The highest BCUT2D eigenvalue weighted by molar-refractivity contribution is 6.04. The van der Waals surface area contributed by atoms with E-state index in [1.54, 1.807) is 24.3 Å². The predicted molar refractivity (Wildman–Crippen MR) is 102 cm³/mol. The van der Waals surface area contributed by atoms with Crippen LogP contribution in [0, 0.1) is 11.3 Å². The number of hydrogen-bond donors (Lipinski definition) is 1. The molecule has 1 aliphatic rings. The van der Waals surface area contributed by atoms with Crippen LogP contribution < -0.4 is 5.32 Å². The third-order valence-electron chi connectivity index (χ3n) is 4.79. The number of hydrogen-bond acceptors (Lipinski definition) is 4. The number of nitrogens with zero attached hydrogens (tertiary/aromatic N) is 4. The number of rotatable bonds is 3. The van der Waals surface area contributed by atoms with Gasteiger partial charge >= 0.3 is 0 Å². The highest BCUT2D eigenvalue weighted by Crippen LogP contribution is 2.24. The minimum Gasteiger partial charge on any atom is -0.322 e. The number of anilines is 1. The van der Waals surface area contributed by atoms with Crippen molar-refractivity contribution in [3.05, 3.63) is 65.5 Å². The Bertz CT molecular complexity index is 997. The molecule has 0 spiro atoms. The van der Waals surface area contributed by atoms with E-state index in [4.69, 9.17) is 5.26 Å². The Balaban J connectivity index is 1.50. The van der Waals surface area contributed by atoms with Crippen molar-refractivity contribution in [2.24, 2.45) is 0 Å². The van der Waals surface area contributed by atoms with E-state index in [0.29, 0.717) is 16.8 Å². The van der Waals surface area contributed by atoms with Gasteiger partial charge in [-0.2, -0.15) is 5.26 Å². The zero-order valence-electron chi connectivity index (χ0n) is 14.9. The summed E-state index contributed by atoms with van der Waals surface area (Å²) in [5.74, 6) is 1.74. The average molecular weight is 357 g/mol. The van der Waals surface area contributed by atoms with Crippen LogP contribution in [0.1, 0.15) is 41.0 Å². The Morgan fingerprint density at radius 1 is 1.00 bits per heavy atom. The van der Waals surface area contributed by atoms with E-state index in [2.05, 4.69) is 20.1 Å². The number of nitriles is 1. The topological polar surface area (TPSA) is 83.6 Å². The van der Waals surface area contributed by atoms with Crippen LogP contribution in [0.3, 0.4) is 0 Å². The summed E-state index contributed by atoms with van der Waals surface area (Å²) in [7, 11) is 0. The van der Waals surface area contributed by atoms with Gasteiger partial charge in [0.15, 0.2) is 5.82 Å². The van der Waals surface area contributed by atoms with Crippen molar-refractivity contribution in [1.29, 1.82) is 5.26 Å². The fraction of sp³-hybridized carbons (Fsp3) is 0.238. The van der Waals surface area contributed by atoms with Crippen molar-refractivity contribution in [2.45, 2.75) is 32.2 Å². The largest absolute Gasteiger partial charge is 0.322 e. The molecular formula is C21H19N5O. The first-order chi connectivity index (χ1) is 13.2. The lowest BCUT2D eigenvalue weighted by Gasteiger charge is -2.09. The lowest BCUT2D eigenvalue weighted by atomic mass is 10.1. The van der Waals surface area contributed by atoms with Gasteiger partial charge in [-0.05, 0) is 61.4 Å². The number of benzene rings is 2. The molecule has 1 aromatic heterocycles. The van der Waals surface area contributed by atoms with Crippen LogP contribution >= 0.6 is 0 Å². The predicted octanol–water partition coefficient (Wildman–Crippen LogP) is 3.80. The molecule has 0 atom stereocenters. The summed E-state index contributed by atoms with van der Waals surface area (Å²) in [6, 6.07) is 16.3. The van der Waals surface area contributed by atoms with E-state index in [-0.39, 0.29) is 5.91 Å². The second-order valence-electron chi connectivity index (χ2n) is 6.62. The first-order valence-corrected chi connectivity index (χ1v) is 9.08. The fourth-order valence-corrected chi connectivity index (χ4v) is 3.30. The maximum Gasteiger partial charge on any atom is 0.255 e. The van der Waals surface area contributed by atoms with Gasteiger partial charge in [0.05, 0.1) is 11.6 Å². The number of aromatic nitrogens is 3. The average Bonchev–Trinajstić information content (AvgIpc) is 2.96. The molecule has 0 radical (unpaired) electrons. The molecular weight excluding hydrogens is 338 g/mol. The van der Waals surface area contributed by atoms with Gasteiger partial charge in [-0.3, -0.25) is 4.79 Å². The second-order valence-corrected chi connectivity index (χ2v) is 6.62. The highest BCUT2D eigenvalue weighted by atomic mass is 16.1. The van der Waals surface area contributed by atoms with Crippen molar-refractivity contribution in [3.63, 3.8) is 0 Å². The summed E-state index contributed by atoms with van der Waals surface area (Å²) >= 11 is 0. The van der Waals surface area contributed by atoms with E-state index in [1.165, 1.54) is 12.8 Å². The Kier molecular flexibility index (Phi) is 4.67. The molecule has 4 rings (SSSR count). The molecule has 134 valence electrons. The molecule has 1 amide bonds. The molecule has 1 N–H and O–H groups in total. The van der Waals surface area contributed by atoms with Gasteiger partial charge in [0, 0.05) is 29.8 Å². The number of aryl methyl sites for hydroxylation is 1. The van der Waals surface area contributed by atoms with Crippen molar-refractivity contribution in [3.8, 4) is 17.5 Å². The van der Waals surface area contributed by atoms with Crippen LogP contribution in [0.2, 0.25) is 0 Å². The summed E-state index contributed by atoms with van der Waals surface area (Å²) < 4.78 is 2.21. The Morgan fingerprint density at radius 3 is 2.52 bits per heavy atom. The summed E-state index contributed by atoms with van der Waals surface area (Å²) in [4.78, 5) is 12.3. The van der Waals surface area contributed by atoms with E-state index in [1.807, 2.05) is 30.3 Å². The number of fused-ring (bicyclic) bond motifs is 1. The molecule has 0 fully saturated rings. The van der Waals surface area contributed by atoms with Crippen LogP contribution in [-0.4, -0.2) is 20.7 Å². The van der Waals surface area contributed by atoms with Crippen LogP contribution in [0.4, 0.5) is 5.69 Å². The number of carbonyl (C=O) groups is 1. The standard InChI is InChI=1S/C21H19N5O/c22-14-15-5-7-17(8-6-15)21(27)23-18-11-9-16(10-12-18)20-25-24-19-4-2-1-3-13-26(19)20/h5-12H,1-4,13H2,(H,23,27). The smallest absolute Gasteiger partial charge is 0.255 e. The quantitative estimate of drug-likeness (QED) is 0.773. The van der Waals surface area contributed by atoms with Gasteiger partial charge < -0.3 is 9.88 Å². The minimum atomic E-state index is -0.205. The summed E-state index contributed by atoms with van der Waals surface area (Å²) in [5, 5.41) is 20.4. The zero-order valence-corrected chi connectivity index (χ0v) is 14.9. The number of carbonyl (C=O) groups excluding carboxylic acids is 1. The van der Waals surface area contributed by atoms with E-state index in [0.717, 1.165) is 36.6 Å². The molecule has 0 saturated heterocycles. The van der Waals surface area contributed by atoms with E-state index < -0.39 is 0 Å². The lowest BCUT2D eigenvalue weighted by molar-refractivity contribution is 0.102. The molecule has 27 heavy (non-hydrogen) atoms. The Hall–Kier alpha value is -3.46. The molecule has 1 aliphatic heterocycles. The molecule has 0 aliphatic carbocycles. The molecule has 6 nitrogen and oxygen atoms in total. The number of amides is 1. The minimum absolute atomic E-state index is 0.205. The maximum absolute atomic E-state index is 12.3. The van der Waals surface area contributed by atoms with Gasteiger partial charge in [-0.15, -0.1) is 10.2 Å². The SMILES string of the molecule is N#Cc1ccc(C(=O)Nc2ccc(-c3nnc4n3CCCCC4)cc2)cc1. The van der Waals surface area contributed by atoms with Gasteiger partial charge in [0.1, 0.15) is 5.82 Å². The lowest BCUT2D eigenvalue weighted by Crippen LogP contribution is -2.11. The van der Waals surface area contributed by atoms with Crippen LogP contribution in [0.25, 0.3) is 11.4 Å².